The lowest BCUT2D eigenvalue weighted by atomic mass is 9.83. The molecule has 0 aromatic heterocycles. The van der Waals surface area contributed by atoms with Crippen LogP contribution in [0.15, 0.2) is 24.3 Å². The zero-order valence-electron chi connectivity index (χ0n) is 11.3. The molecule has 0 saturated carbocycles. The van der Waals surface area contributed by atoms with Crippen molar-refractivity contribution >= 4 is 5.91 Å². The number of rotatable bonds is 2. The van der Waals surface area contributed by atoms with Crippen LogP contribution in [-0.4, -0.2) is 35.6 Å². The number of hydrogen-bond acceptors (Lipinski definition) is 2. The number of likely N-dealkylation sites (tertiary alicyclic amines) is 1. The molecule has 1 aromatic rings. The van der Waals surface area contributed by atoms with E-state index < -0.39 is 0 Å². The molecule has 1 aliphatic rings. The molecule has 0 atom stereocenters. The molecule has 0 radical (unpaired) electrons. The van der Waals surface area contributed by atoms with Gasteiger partial charge in [0.1, 0.15) is 0 Å². The van der Waals surface area contributed by atoms with Crippen LogP contribution in [0.1, 0.15) is 36.7 Å². The van der Waals surface area contributed by atoms with Gasteiger partial charge in [-0.1, -0.05) is 39.0 Å². The highest BCUT2D eigenvalue weighted by Gasteiger charge is 2.32. The molecule has 1 amide bonds. The lowest BCUT2D eigenvalue weighted by molar-refractivity contribution is 0.0360. The first kappa shape index (κ1) is 13.1. The number of aliphatic hydroxyl groups excluding tert-OH is 1. The van der Waals surface area contributed by atoms with Crippen molar-refractivity contribution in [1.29, 1.82) is 0 Å². The Morgan fingerprint density at radius 1 is 1.33 bits per heavy atom. The van der Waals surface area contributed by atoms with E-state index in [9.17, 15) is 4.79 Å². The summed E-state index contributed by atoms with van der Waals surface area (Å²) in [6.45, 7) is 7.87. The number of aliphatic hydroxyl groups is 1. The number of carbonyl (C=O) groups is 1. The zero-order valence-corrected chi connectivity index (χ0v) is 11.3. The third kappa shape index (κ3) is 2.41. The summed E-state index contributed by atoms with van der Waals surface area (Å²) in [7, 11) is 0. The fourth-order valence-corrected chi connectivity index (χ4v) is 2.35. The number of amides is 1. The molecule has 0 spiro atoms. The van der Waals surface area contributed by atoms with E-state index in [2.05, 4.69) is 20.8 Å². The summed E-state index contributed by atoms with van der Waals surface area (Å²) < 4.78 is 0. The lowest BCUT2D eigenvalue weighted by Crippen LogP contribution is -2.51. The van der Waals surface area contributed by atoms with E-state index in [0.29, 0.717) is 13.1 Å². The van der Waals surface area contributed by atoms with Crippen LogP contribution >= 0.6 is 0 Å². The van der Waals surface area contributed by atoms with E-state index >= 15 is 0 Å². The molecule has 1 aliphatic heterocycles. The van der Waals surface area contributed by atoms with Gasteiger partial charge in [-0.2, -0.15) is 0 Å². The highest BCUT2D eigenvalue weighted by atomic mass is 16.3. The molecule has 0 unspecified atom stereocenters. The Kier molecular flexibility index (Phi) is 3.44. The van der Waals surface area contributed by atoms with Crippen molar-refractivity contribution < 1.29 is 9.90 Å². The van der Waals surface area contributed by atoms with Crippen molar-refractivity contribution in [3.63, 3.8) is 0 Å². The average molecular weight is 247 g/mol. The maximum absolute atomic E-state index is 12.4. The summed E-state index contributed by atoms with van der Waals surface area (Å²) >= 11 is 0. The third-order valence-corrected chi connectivity index (χ3v) is 3.47. The van der Waals surface area contributed by atoms with Crippen LogP contribution < -0.4 is 0 Å². The van der Waals surface area contributed by atoms with E-state index in [4.69, 9.17) is 5.11 Å². The fraction of sp³-hybridized carbons (Fsp3) is 0.533. The van der Waals surface area contributed by atoms with Gasteiger partial charge in [-0.05, 0) is 17.0 Å². The molecule has 0 aliphatic carbocycles. The van der Waals surface area contributed by atoms with Crippen LogP contribution in [0.3, 0.4) is 0 Å². The van der Waals surface area contributed by atoms with Crippen LogP contribution in [0, 0.1) is 5.92 Å². The average Bonchev–Trinajstić information content (AvgIpc) is 2.26. The van der Waals surface area contributed by atoms with Gasteiger partial charge in [0.05, 0.1) is 0 Å². The van der Waals surface area contributed by atoms with Gasteiger partial charge in [0, 0.05) is 31.2 Å². The van der Waals surface area contributed by atoms with E-state index in [-0.39, 0.29) is 23.8 Å². The smallest absolute Gasteiger partial charge is 0.254 e. The summed E-state index contributed by atoms with van der Waals surface area (Å²) in [6, 6.07) is 7.81. The van der Waals surface area contributed by atoms with Gasteiger partial charge in [0.2, 0.25) is 0 Å². The predicted octanol–water partition coefficient (Wildman–Crippen LogP) is 2.05. The van der Waals surface area contributed by atoms with Crippen LogP contribution in [-0.2, 0) is 5.41 Å². The summed E-state index contributed by atoms with van der Waals surface area (Å²) in [5.41, 5.74) is 1.84. The third-order valence-electron chi connectivity index (χ3n) is 3.47. The molecular formula is C15H21NO2. The first-order valence-corrected chi connectivity index (χ1v) is 6.43. The van der Waals surface area contributed by atoms with Crippen molar-refractivity contribution in [1.82, 2.24) is 4.90 Å². The molecule has 1 N–H and O–H groups in total. The van der Waals surface area contributed by atoms with Crippen molar-refractivity contribution in [3.8, 4) is 0 Å². The Bertz CT molecular complexity index is 442. The first-order valence-electron chi connectivity index (χ1n) is 6.43. The molecule has 18 heavy (non-hydrogen) atoms. The summed E-state index contributed by atoms with van der Waals surface area (Å²) in [5.74, 6) is 0.348. The van der Waals surface area contributed by atoms with Gasteiger partial charge < -0.3 is 10.0 Å². The molecule has 2 rings (SSSR count). The minimum Gasteiger partial charge on any atom is -0.396 e. The number of benzene rings is 1. The second kappa shape index (κ2) is 4.73. The van der Waals surface area contributed by atoms with E-state index in [1.54, 1.807) is 0 Å². The molecule has 98 valence electrons. The van der Waals surface area contributed by atoms with Crippen LogP contribution in [0.25, 0.3) is 0 Å². The first-order chi connectivity index (χ1) is 8.43. The quantitative estimate of drug-likeness (QED) is 0.869. The highest BCUT2D eigenvalue weighted by Crippen LogP contribution is 2.28. The normalized spacial score (nSPS) is 16.6. The second-order valence-corrected chi connectivity index (χ2v) is 6.05. The van der Waals surface area contributed by atoms with Gasteiger partial charge in [-0.3, -0.25) is 4.79 Å². The van der Waals surface area contributed by atoms with Crippen molar-refractivity contribution in [3.05, 3.63) is 35.4 Å². The Hall–Kier alpha value is -1.35. The van der Waals surface area contributed by atoms with Crippen molar-refractivity contribution in [2.24, 2.45) is 5.92 Å². The lowest BCUT2D eigenvalue weighted by Gasteiger charge is -2.39. The van der Waals surface area contributed by atoms with E-state index in [1.165, 1.54) is 0 Å². The maximum Gasteiger partial charge on any atom is 0.254 e. The van der Waals surface area contributed by atoms with Gasteiger partial charge >= 0.3 is 0 Å². The van der Waals surface area contributed by atoms with Gasteiger partial charge in [0.25, 0.3) is 5.91 Å². The van der Waals surface area contributed by atoms with Gasteiger partial charge in [0.15, 0.2) is 0 Å². The maximum atomic E-state index is 12.4. The Labute approximate surface area is 108 Å². The molecule has 1 aromatic carbocycles. The molecular weight excluding hydrogens is 226 g/mol. The SMILES string of the molecule is CC(C)(C)c1ccccc1C(=O)N1CC(CO)C1. The molecule has 1 heterocycles. The summed E-state index contributed by atoms with van der Waals surface area (Å²) in [4.78, 5) is 14.2. The fourth-order valence-electron chi connectivity index (χ4n) is 2.35. The second-order valence-electron chi connectivity index (χ2n) is 6.05. The van der Waals surface area contributed by atoms with Crippen molar-refractivity contribution in [2.75, 3.05) is 19.7 Å². The monoisotopic (exact) mass is 247 g/mol. The van der Waals surface area contributed by atoms with Crippen molar-refractivity contribution in [2.45, 2.75) is 26.2 Å². The minimum atomic E-state index is -0.0342. The van der Waals surface area contributed by atoms with Crippen LogP contribution in [0.5, 0.6) is 0 Å². The molecule has 0 bridgehead atoms. The van der Waals surface area contributed by atoms with Crippen LogP contribution in [0.2, 0.25) is 0 Å². The zero-order chi connectivity index (χ0) is 13.3. The summed E-state index contributed by atoms with van der Waals surface area (Å²) in [5, 5.41) is 9.00. The highest BCUT2D eigenvalue weighted by molar-refractivity contribution is 5.96. The van der Waals surface area contributed by atoms with Gasteiger partial charge in [-0.25, -0.2) is 0 Å². The number of hydrogen-bond donors (Lipinski definition) is 1. The van der Waals surface area contributed by atoms with E-state index in [0.717, 1.165) is 11.1 Å². The standard InChI is InChI=1S/C15H21NO2/c1-15(2,3)13-7-5-4-6-12(13)14(18)16-8-11(9-16)10-17/h4-7,11,17H,8-10H2,1-3H3. The van der Waals surface area contributed by atoms with Gasteiger partial charge in [-0.15, -0.1) is 0 Å². The Morgan fingerprint density at radius 3 is 2.50 bits per heavy atom. The number of nitrogens with zero attached hydrogens (tertiary/aromatic N) is 1. The number of carbonyl (C=O) groups excluding carboxylic acids is 1. The molecule has 1 fully saturated rings. The molecule has 1 saturated heterocycles. The Morgan fingerprint density at radius 2 is 1.94 bits per heavy atom. The minimum absolute atomic E-state index is 0.0342. The largest absolute Gasteiger partial charge is 0.396 e. The van der Waals surface area contributed by atoms with Crippen LogP contribution in [0.4, 0.5) is 0 Å². The topological polar surface area (TPSA) is 40.5 Å². The Balaban J connectivity index is 2.21. The molecule has 3 nitrogen and oxygen atoms in total. The molecule has 3 heteroatoms. The predicted molar refractivity (Wildman–Crippen MR) is 71.6 cm³/mol. The van der Waals surface area contributed by atoms with E-state index in [1.807, 2.05) is 29.2 Å². The summed E-state index contributed by atoms with van der Waals surface area (Å²) in [6.07, 6.45) is 0.